The number of nitrogens with zero attached hydrogens (tertiary/aromatic N) is 1. The van der Waals surface area contributed by atoms with Crippen molar-refractivity contribution < 1.29 is 16.8 Å². The second kappa shape index (κ2) is 7.67. The van der Waals surface area contributed by atoms with Crippen molar-refractivity contribution in [2.45, 2.75) is 6.42 Å². The van der Waals surface area contributed by atoms with Crippen LogP contribution in [-0.4, -0.2) is 35.4 Å². The summed E-state index contributed by atoms with van der Waals surface area (Å²) in [5, 5.41) is 0. The van der Waals surface area contributed by atoms with E-state index in [0.29, 0.717) is 11.4 Å². The highest BCUT2D eigenvalue weighted by Crippen LogP contribution is 2.16. The molecule has 0 atom stereocenters. The van der Waals surface area contributed by atoms with Gasteiger partial charge in [-0.15, -0.1) is 0 Å². The Bertz CT molecular complexity index is 851. The van der Waals surface area contributed by atoms with Crippen LogP contribution in [0.3, 0.4) is 0 Å². The van der Waals surface area contributed by atoms with Gasteiger partial charge in [-0.05, 0) is 30.7 Å². The van der Waals surface area contributed by atoms with Crippen molar-refractivity contribution in [3.63, 3.8) is 0 Å². The molecule has 24 heavy (non-hydrogen) atoms. The highest BCUT2D eigenvalue weighted by atomic mass is 32.2. The molecule has 0 fully saturated rings. The number of hydrogen-bond acceptors (Lipinski definition) is 4. The maximum atomic E-state index is 12.3. The molecule has 0 radical (unpaired) electrons. The summed E-state index contributed by atoms with van der Waals surface area (Å²) in [5.74, 6) is -0.502. The van der Waals surface area contributed by atoms with E-state index in [1.54, 1.807) is 60.7 Å². The molecule has 0 unspecified atom stereocenters. The van der Waals surface area contributed by atoms with E-state index in [1.807, 2.05) is 0 Å². The summed E-state index contributed by atoms with van der Waals surface area (Å²) in [6.07, 6.45) is 0.0155. The number of hydrogen-bond donors (Lipinski definition) is 1. The summed E-state index contributed by atoms with van der Waals surface area (Å²) in [5.41, 5.74) is 1.00. The van der Waals surface area contributed by atoms with Gasteiger partial charge in [-0.3, -0.25) is 9.03 Å². The Labute approximate surface area is 143 Å². The minimum atomic E-state index is -3.58. The van der Waals surface area contributed by atoms with Crippen LogP contribution in [0.1, 0.15) is 6.42 Å². The average Bonchev–Trinajstić information content (AvgIpc) is 2.55. The molecule has 0 amide bonds. The molecule has 0 bridgehead atoms. The minimum absolute atomic E-state index is 0.0155. The molecule has 130 valence electrons. The number of rotatable bonds is 8. The molecule has 0 aromatic heterocycles. The van der Waals surface area contributed by atoms with E-state index in [4.69, 9.17) is 0 Å². The van der Waals surface area contributed by atoms with Crippen molar-refractivity contribution in [1.29, 1.82) is 0 Å². The fourth-order valence-electron chi connectivity index (χ4n) is 2.10. The van der Waals surface area contributed by atoms with Gasteiger partial charge in [0, 0.05) is 12.7 Å². The van der Waals surface area contributed by atoms with Crippen LogP contribution >= 0.6 is 0 Å². The first-order valence-corrected chi connectivity index (χ1v) is 10.6. The van der Waals surface area contributed by atoms with Crippen LogP contribution in [0.5, 0.6) is 0 Å². The van der Waals surface area contributed by atoms with Gasteiger partial charge in [0.1, 0.15) is 0 Å². The molecule has 1 N–H and O–H groups in total. The topological polar surface area (TPSA) is 83.6 Å². The van der Waals surface area contributed by atoms with Crippen LogP contribution in [-0.2, 0) is 20.0 Å². The van der Waals surface area contributed by atoms with Crippen LogP contribution in [0.4, 0.5) is 11.4 Å². The SMILES string of the molecule is CN(c1ccccc1)S(=O)(=O)CCCS(=O)(=O)Nc1ccccc1. The fraction of sp³-hybridized carbons (Fsp3) is 0.250. The largest absolute Gasteiger partial charge is 0.284 e. The van der Waals surface area contributed by atoms with E-state index in [0.717, 1.165) is 0 Å². The zero-order chi connectivity index (χ0) is 17.6. The molecule has 0 saturated carbocycles. The highest BCUT2D eigenvalue weighted by Gasteiger charge is 2.20. The maximum Gasteiger partial charge on any atom is 0.234 e. The lowest BCUT2D eigenvalue weighted by molar-refractivity contribution is 0.590. The number of para-hydroxylation sites is 2. The Morgan fingerprint density at radius 1 is 0.833 bits per heavy atom. The lowest BCUT2D eigenvalue weighted by Gasteiger charge is -2.19. The lowest BCUT2D eigenvalue weighted by Crippen LogP contribution is -2.30. The van der Waals surface area contributed by atoms with E-state index >= 15 is 0 Å². The van der Waals surface area contributed by atoms with Crippen molar-refractivity contribution >= 4 is 31.4 Å². The maximum absolute atomic E-state index is 12.3. The van der Waals surface area contributed by atoms with Crippen molar-refractivity contribution in [1.82, 2.24) is 0 Å². The van der Waals surface area contributed by atoms with Gasteiger partial charge >= 0.3 is 0 Å². The third kappa shape index (κ3) is 5.24. The smallest absolute Gasteiger partial charge is 0.234 e. The molecule has 2 rings (SSSR count). The van der Waals surface area contributed by atoms with Crippen LogP contribution in [0, 0.1) is 0 Å². The normalized spacial score (nSPS) is 11.9. The van der Waals surface area contributed by atoms with Crippen LogP contribution in [0.25, 0.3) is 0 Å². The number of sulfonamides is 2. The van der Waals surface area contributed by atoms with Crippen LogP contribution in [0.2, 0.25) is 0 Å². The Hall–Kier alpha value is -2.06. The summed E-state index contributed by atoms with van der Waals surface area (Å²) in [7, 11) is -5.69. The third-order valence-corrected chi connectivity index (χ3v) is 6.62. The fourth-order valence-corrected chi connectivity index (χ4v) is 4.63. The number of benzene rings is 2. The second-order valence-electron chi connectivity index (χ2n) is 5.26. The quantitative estimate of drug-likeness (QED) is 0.775. The molecule has 0 aliphatic rings. The van der Waals surface area contributed by atoms with Crippen molar-refractivity contribution in [3.05, 3.63) is 60.7 Å². The van der Waals surface area contributed by atoms with Gasteiger partial charge in [-0.2, -0.15) is 0 Å². The average molecular weight is 368 g/mol. The standard InChI is InChI=1S/C16H20N2O4S2/c1-18(16-11-6-3-7-12-16)24(21,22)14-8-13-23(19,20)17-15-9-4-2-5-10-15/h2-7,9-12,17H,8,13-14H2,1H3. The molecule has 0 aliphatic heterocycles. The molecule has 2 aromatic carbocycles. The molecule has 0 saturated heterocycles. The van der Waals surface area contributed by atoms with Gasteiger partial charge in [-0.1, -0.05) is 36.4 Å². The first kappa shape index (κ1) is 18.3. The summed E-state index contributed by atoms with van der Waals surface area (Å²) >= 11 is 0. The molecular formula is C16H20N2O4S2. The molecule has 2 aromatic rings. The number of nitrogens with one attached hydrogen (secondary N) is 1. The Balaban J connectivity index is 1.93. The predicted octanol–water partition coefficient (Wildman–Crippen LogP) is 2.28. The highest BCUT2D eigenvalue weighted by molar-refractivity contribution is 7.93. The Morgan fingerprint density at radius 3 is 1.96 bits per heavy atom. The monoisotopic (exact) mass is 368 g/mol. The van der Waals surface area contributed by atoms with Gasteiger partial charge in [0.25, 0.3) is 0 Å². The van der Waals surface area contributed by atoms with Gasteiger partial charge in [0.2, 0.25) is 20.0 Å². The molecule has 6 nitrogen and oxygen atoms in total. The van der Waals surface area contributed by atoms with Crippen molar-refractivity contribution in [2.75, 3.05) is 27.6 Å². The summed E-state index contributed by atoms with van der Waals surface area (Å²) in [6.45, 7) is 0. The first-order chi connectivity index (χ1) is 11.3. The zero-order valence-electron chi connectivity index (χ0n) is 13.3. The molecule has 0 heterocycles. The van der Waals surface area contributed by atoms with E-state index in [-0.39, 0.29) is 17.9 Å². The minimum Gasteiger partial charge on any atom is -0.284 e. The lowest BCUT2D eigenvalue weighted by atomic mass is 10.3. The van der Waals surface area contributed by atoms with Gasteiger partial charge < -0.3 is 0 Å². The Morgan fingerprint density at radius 2 is 1.38 bits per heavy atom. The van der Waals surface area contributed by atoms with Crippen LogP contribution in [0.15, 0.2) is 60.7 Å². The van der Waals surface area contributed by atoms with Gasteiger partial charge in [-0.25, -0.2) is 16.8 Å². The second-order valence-corrected chi connectivity index (χ2v) is 9.22. The van der Waals surface area contributed by atoms with E-state index in [2.05, 4.69) is 4.72 Å². The molecule has 8 heteroatoms. The van der Waals surface area contributed by atoms with Crippen LogP contribution < -0.4 is 9.03 Å². The molecular weight excluding hydrogens is 348 g/mol. The first-order valence-electron chi connectivity index (χ1n) is 7.37. The summed E-state index contributed by atoms with van der Waals surface area (Å²) in [4.78, 5) is 0. The van der Waals surface area contributed by atoms with Crippen molar-refractivity contribution in [2.24, 2.45) is 0 Å². The molecule has 0 spiro atoms. The molecule has 0 aliphatic carbocycles. The zero-order valence-corrected chi connectivity index (χ0v) is 14.9. The summed E-state index contributed by atoms with van der Waals surface area (Å²) in [6, 6.07) is 17.2. The van der Waals surface area contributed by atoms with E-state index in [1.165, 1.54) is 11.4 Å². The third-order valence-electron chi connectivity index (χ3n) is 3.40. The Kier molecular flexibility index (Phi) is 5.84. The van der Waals surface area contributed by atoms with E-state index in [9.17, 15) is 16.8 Å². The van der Waals surface area contributed by atoms with Crippen molar-refractivity contribution in [3.8, 4) is 0 Å². The van der Waals surface area contributed by atoms with Gasteiger partial charge in [0.15, 0.2) is 0 Å². The predicted molar refractivity (Wildman–Crippen MR) is 97.1 cm³/mol. The number of anilines is 2. The van der Waals surface area contributed by atoms with Gasteiger partial charge in [0.05, 0.1) is 17.2 Å². The van der Waals surface area contributed by atoms with E-state index < -0.39 is 20.0 Å². The summed E-state index contributed by atoms with van der Waals surface area (Å²) < 4.78 is 52.2.